The Bertz CT molecular complexity index is 468. The maximum absolute atomic E-state index is 5.61. The number of para-hydroxylation sites is 1. The minimum Gasteiger partial charge on any atom is -0.496 e. The van der Waals surface area contributed by atoms with Gasteiger partial charge in [-0.05, 0) is 25.1 Å². The van der Waals surface area contributed by atoms with Gasteiger partial charge in [-0.2, -0.15) is 0 Å². The number of ether oxygens (including phenoxy) is 1. The number of aryl methyl sites for hydroxylation is 1. The van der Waals surface area contributed by atoms with Crippen molar-refractivity contribution in [2.45, 2.75) is 6.92 Å². The third-order valence-electron chi connectivity index (χ3n) is 2.37. The summed E-state index contributed by atoms with van der Waals surface area (Å²) >= 11 is 5.61. The molecule has 0 heterocycles. The molecule has 2 heteroatoms. The van der Waals surface area contributed by atoms with Crippen LogP contribution in [0.5, 0.6) is 5.75 Å². The highest BCUT2D eigenvalue weighted by Crippen LogP contribution is 2.17. The summed E-state index contributed by atoms with van der Waals surface area (Å²) in [7, 11) is 1.66. The second-order valence-corrected chi connectivity index (χ2v) is 4.18. The fraction of sp³-hybridized carbons (Fsp3) is 0.125. The summed E-state index contributed by atoms with van der Waals surface area (Å²) in [5.41, 5.74) is 2.28. The van der Waals surface area contributed by atoms with Crippen LogP contribution < -0.4 is 4.74 Å². The van der Waals surface area contributed by atoms with E-state index in [0.717, 1.165) is 16.3 Å². The van der Waals surface area contributed by atoms with Crippen molar-refractivity contribution >= 4 is 17.7 Å². The summed E-state index contributed by atoms with van der Waals surface area (Å²) in [6, 6.07) is 15.5. The molecule has 0 unspecified atom stereocenters. The third-order valence-corrected chi connectivity index (χ3v) is 2.62. The predicted octanol–water partition coefficient (Wildman–Crippen LogP) is 4.99. The first kappa shape index (κ1) is 14.3. The summed E-state index contributed by atoms with van der Waals surface area (Å²) in [4.78, 5) is 0. The SMILES string of the molecule is C=Cc1ccccc1OC.Cc1ccc(Cl)cc1. The van der Waals surface area contributed by atoms with E-state index in [1.54, 1.807) is 13.2 Å². The van der Waals surface area contributed by atoms with Crippen LogP contribution in [-0.2, 0) is 0 Å². The molecule has 0 aliphatic rings. The first-order valence-corrected chi connectivity index (χ1v) is 6.02. The lowest BCUT2D eigenvalue weighted by Crippen LogP contribution is -1.84. The van der Waals surface area contributed by atoms with E-state index in [-0.39, 0.29) is 0 Å². The van der Waals surface area contributed by atoms with Crippen molar-refractivity contribution in [1.82, 2.24) is 0 Å². The van der Waals surface area contributed by atoms with Crippen LogP contribution in [0.25, 0.3) is 6.08 Å². The van der Waals surface area contributed by atoms with E-state index in [1.807, 2.05) is 55.5 Å². The topological polar surface area (TPSA) is 9.23 Å². The van der Waals surface area contributed by atoms with Gasteiger partial charge >= 0.3 is 0 Å². The zero-order valence-corrected chi connectivity index (χ0v) is 11.4. The lowest BCUT2D eigenvalue weighted by Gasteiger charge is -2.01. The van der Waals surface area contributed by atoms with Gasteiger partial charge in [-0.15, -0.1) is 0 Å². The number of hydrogen-bond acceptors (Lipinski definition) is 1. The standard InChI is InChI=1S/C9H10O.C7H7Cl/c1-3-8-6-4-5-7-9(8)10-2;1-6-2-4-7(8)5-3-6/h3-7H,1H2,2H3;2-5H,1H3. The lowest BCUT2D eigenvalue weighted by atomic mass is 10.2. The van der Waals surface area contributed by atoms with E-state index < -0.39 is 0 Å². The maximum Gasteiger partial charge on any atom is 0.126 e. The van der Waals surface area contributed by atoms with E-state index >= 15 is 0 Å². The predicted molar refractivity (Wildman–Crippen MR) is 79.3 cm³/mol. The Kier molecular flexibility index (Phi) is 6.03. The van der Waals surface area contributed by atoms with Crippen molar-refractivity contribution in [3.05, 3.63) is 71.3 Å². The van der Waals surface area contributed by atoms with E-state index in [1.165, 1.54) is 5.56 Å². The molecule has 0 spiro atoms. The molecule has 0 amide bonds. The highest BCUT2D eigenvalue weighted by Gasteiger charge is 1.93. The molecule has 0 atom stereocenters. The van der Waals surface area contributed by atoms with E-state index in [4.69, 9.17) is 16.3 Å². The van der Waals surface area contributed by atoms with Crippen molar-refractivity contribution in [2.75, 3.05) is 7.11 Å². The molecular weight excluding hydrogens is 244 g/mol. The minimum absolute atomic E-state index is 0.801. The van der Waals surface area contributed by atoms with E-state index in [2.05, 4.69) is 6.58 Å². The molecule has 0 aromatic heterocycles. The van der Waals surface area contributed by atoms with Crippen LogP contribution in [0.15, 0.2) is 55.1 Å². The second-order valence-electron chi connectivity index (χ2n) is 3.74. The van der Waals surface area contributed by atoms with Gasteiger partial charge in [0.15, 0.2) is 0 Å². The average molecular weight is 261 g/mol. The molecule has 1 nitrogen and oxygen atoms in total. The Hall–Kier alpha value is -1.73. The Morgan fingerprint density at radius 3 is 2.11 bits per heavy atom. The summed E-state index contributed by atoms with van der Waals surface area (Å²) in [5, 5.41) is 0.801. The molecule has 18 heavy (non-hydrogen) atoms. The fourth-order valence-corrected chi connectivity index (χ4v) is 1.49. The van der Waals surface area contributed by atoms with Gasteiger partial charge in [-0.25, -0.2) is 0 Å². The van der Waals surface area contributed by atoms with Gasteiger partial charge in [0, 0.05) is 10.6 Å². The third kappa shape index (κ3) is 4.64. The monoisotopic (exact) mass is 260 g/mol. The number of methoxy groups -OCH3 is 1. The van der Waals surface area contributed by atoms with Crippen molar-refractivity contribution in [2.24, 2.45) is 0 Å². The molecule has 2 rings (SSSR count). The highest BCUT2D eigenvalue weighted by molar-refractivity contribution is 6.30. The van der Waals surface area contributed by atoms with Gasteiger partial charge in [0.25, 0.3) is 0 Å². The van der Waals surface area contributed by atoms with Gasteiger partial charge < -0.3 is 4.74 Å². The van der Waals surface area contributed by atoms with Gasteiger partial charge in [0.1, 0.15) is 5.75 Å². The molecule has 0 aliphatic heterocycles. The van der Waals surface area contributed by atoms with Crippen LogP contribution in [-0.4, -0.2) is 7.11 Å². The average Bonchev–Trinajstić information content (AvgIpc) is 2.42. The maximum atomic E-state index is 5.61. The zero-order chi connectivity index (χ0) is 13.4. The van der Waals surface area contributed by atoms with Gasteiger partial charge in [-0.1, -0.05) is 60.2 Å². The smallest absolute Gasteiger partial charge is 0.126 e. The second kappa shape index (κ2) is 7.57. The molecule has 0 saturated heterocycles. The number of benzene rings is 2. The molecule has 0 bridgehead atoms. The van der Waals surface area contributed by atoms with Gasteiger partial charge in [-0.3, -0.25) is 0 Å². The Labute approximate surface area is 114 Å². The molecule has 0 fully saturated rings. The number of halogens is 1. The summed E-state index contributed by atoms with van der Waals surface area (Å²) < 4.78 is 5.06. The van der Waals surface area contributed by atoms with Crippen LogP contribution in [0.4, 0.5) is 0 Å². The van der Waals surface area contributed by atoms with Crippen LogP contribution in [0, 0.1) is 6.92 Å². The molecule has 0 saturated carbocycles. The molecule has 2 aromatic rings. The normalized spacial score (nSPS) is 9.06. The molecule has 0 radical (unpaired) electrons. The largest absolute Gasteiger partial charge is 0.496 e. The number of rotatable bonds is 2. The van der Waals surface area contributed by atoms with E-state index in [0.29, 0.717) is 0 Å². The molecule has 94 valence electrons. The zero-order valence-electron chi connectivity index (χ0n) is 10.7. The lowest BCUT2D eigenvalue weighted by molar-refractivity contribution is 0.414. The molecular formula is C16H17ClO. The van der Waals surface area contributed by atoms with Crippen molar-refractivity contribution in [3.8, 4) is 5.75 Å². The molecule has 0 N–H and O–H groups in total. The van der Waals surface area contributed by atoms with Gasteiger partial charge in [0.2, 0.25) is 0 Å². The van der Waals surface area contributed by atoms with Crippen LogP contribution >= 0.6 is 11.6 Å². The first-order chi connectivity index (χ1) is 8.67. The summed E-state index contributed by atoms with van der Waals surface area (Å²) in [5.74, 6) is 0.873. The van der Waals surface area contributed by atoms with Crippen LogP contribution in [0.2, 0.25) is 5.02 Å². The van der Waals surface area contributed by atoms with Crippen molar-refractivity contribution in [3.63, 3.8) is 0 Å². The first-order valence-electron chi connectivity index (χ1n) is 5.65. The Morgan fingerprint density at radius 2 is 1.67 bits per heavy atom. The van der Waals surface area contributed by atoms with Gasteiger partial charge in [0.05, 0.1) is 7.11 Å². The van der Waals surface area contributed by atoms with Crippen molar-refractivity contribution < 1.29 is 4.74 Å². The highest BCUT2D eigenvalue weighted by atomic mass is 35.5. The minimum atomic E-state index is 0.801. The summed E-state index contributed by atoms with van der Waals surface area (Å²) in [6.45, 7) is 5.70. The van der Waals surface area contributed by atoms with Crippen LogP contribution in [0.1, 0.15) is 11.1 Å². The van der Waals surface area contributed by atoms with E-state index in [9.17, 15) is 0 Å². The Balaban J connectivity index is 0.000000184. The number of hydrogen-bond donors (Lipinski definition) is 0. The van der Waals surface area contributed by atoms with Crippen LogP contribution in [0.3, 0.4) is 0 Å². The molecule has 0 aliphatic carbocycles. The Morgan fingerprint density at radius 1 is 1.06 bits per heavy atom. The fourth-order valence-electron chi connectivity index (χ4n) is 1.37. The van der Waals surface area contributed by atoms with Crippen molar-refractivity contribution in [1.29, 1.82) is 0 Å². The quantitative estimate of drug-likeness (QED) is 0.739. The molecule has 2 aromatic carbocycles. The summed E-state index contributed by atoms with van der Waals surface area (Å²) in [6.07, 6.45) is 1.78.